The van der Waals surface area contributed by atoms with Gasteiger partial charge >= 0.3 is 0 Å². The van der Waals surface area contributed by atoms with E-state index in [0.717, 1.165) is 0 Å². The first-order valence-corrected chi connectivity index (χ1v) is 5.97. The van der Waals surface area contributed by atoms with Gasteiger partial charge in [-0.05, 0) is 13.0 Å². The van der Waals surface area contributed by atoms with Gasteiger partial charge in [0.15, 0.2) is 0 Å². The van der Waals surface area contributed by atoms with Crippen molar-refractivity contribution in [1.82, 2.24) is 0 Å². The first-order chi connectivity index (χ1) is 7.43. The number of benzene rings is 1. The lowest BCUT2D eigenvalue weighted by atomic mass is 10.3. The van der Waals surface area contributed by atoms with Crippen molar-refractivity contribution in [3.8, 4) is 0 Å². The summed E-state index contributed by atoms with van der Waals surface area (Å²) in [5.41, 5.74) is -0.0231. The van der Waals surface area contributed by atoms with Crippen LogP contribution in [0.5, 0.6) is 0 Å². The Balaban J connectivity index is 3.06. The van der Waals surface area contributed by atoms with Crippen LogP contribution in [0.3, 0.4) is 0 Å². The van der Waals surface area contributed by atoms with Gasteiger partial charge in [0.2, 0.25) is 0 Å². The third kappa shape index (κ3) is 3.10. The molecule has 0 radical (unpaired) electrons. The molecule has 0 fully saturated rings. The van der Waals surface area contributed by atoms with Crippen molar-refractivity contribution >= 4 is 29.1 Å². The molecule has 0 heterocycles. The Morgan fingerprint density at radius 1 is 1.50 bits per heavy atom. The van der Waals surface area contributed by atoms with E-state index in [1.165, 1.54) is 23.9 Å². The average molecular weight is 262 g/mol. The van der Waals surface area contributed by atoms with Crippen LogP contribution in [0, 0.1) is 10.1 Å². The highest BCUT2D eigenvalue weighted by Gasteiger charge is 2.21. The van der Waals surface area contributed by atoms with Gasteiger partial charge < -0.3 is 5.11 Å². The molecule has 16 heavy (non-hydrogen) atoms. The first-order valence-electron chi connectivity index (χ1n) is 4.71. The molecule has 0 aliphatic heterocycles. The fourth-order valence-corrected chi connectivity index (χ4v) is 2.36. The first kappa shape index (κ1) is 13.3. The van der Waals surface area contributed by atoms with Crippen LogP contribution in [-0.4, -0.2) is 21.4 Å². The van der Waals surface area contributed by atoms with Crippen molar-refractivity contribution < 1.29 is 10.0 Å². The van der Waals surface area contributed by atoms with E-state index < -0.39 is 11.0 Å². The van der Waals surface area contributed by atoms with Crippen molar-refractivity contribution in [3.05, 3.63) is 33.3 Å². The number of nitro groups is 1. The quantitative estimate of drug-likeness (QED) is 0.514. The number of nitrogens with zero attached hydrogens (tertiary/aromatic N) is 1. The van der Waals surface area contributed by atoms with Crippen LogP contribution in [0.15, 0.2) is 23.1 Å². The second-order valence-corrected chi connectivity index (χ2v) is 5.20. The molecule has 0 saturated heterocycles. The molecule has 1 rings (SSSR count). The number of hydrogen-bond donors (Lipinski definition) is 1. The Morgan fingerprint density at radius 2 is 2.12 bits per heavy atom. The Bertz CT molecular complexity index is 398. The largest absolute Gasteiger partial charge is 0.392 e. The van der Waals surface area contributed by atoms with E-state index >= 15 is 0 Å². The predicted octanol–water partition coefficient (Wildman–Crippen LogP) is 3.11. The zero-order valence-corrected chi connectivity index (χ0v) is 10.5. The monoisotopic (exact) mass is 261 g/mol. The zero-order valence-electron chi connectivity index (χ0n) is 8.88. The number of thioether (sulfide) groups is 1. The van der Waals surface area contributed by atoms with Crippen LogP contribution in [0.2, 0.25) is 5.02 Å². The van der Waals surface area contributed by atoms with E-state index in [0.29, 0.717) is 9.92 Å². The second-order valence-electron chi connectivity index (χ2n) is 3.41. The number of nitro benzene ring substituents is 1. The number of aliphatic hydroxyl groups is 1. The number of rotatable bonds is 4. The number of aliphatic hydroxyl groups excluding tert-OH is 1. The van der Waals surface area contributed by atoms with Gasteiger partial charge in [-0.2, -0.15) is 0 Å². The molecule has 0 bridgehead atoms. The Hall–Kier alpha value is -0.780. The summed E-state index contributed by atoms with van der Waals surface area (Å²) in [5.74, 6) is 0. The van der Waals surface area contributed by atoms with E-state index in [2.05, 4.69) is 0 Å². The smallest absolute Gasteiger partial charge is 0.284 e. The number of hydrogen-bond acceptors (Lipinski definition) is 4. The summed E-state index contributed by atoms with van der Waals surface area (Å²) in [7, 11) is 0. The molecule has 1 aromatic rings. The van der Waals surface area contributed by atoms with Gasteiger partial charge in [0, 0.05) is 11.3 Å². The maximum absolute atomic E-state index is 10.8. The van der Waals surface area contributed by atoms with Gasteiger partial charge in [-0.1, -0.05) is 24.6 Å². The maximum Gasteiger partial charge on any atom is 0.284 e. The zero-order chi connectivity index (χ0) is 12.3. The van der Waals surface area contributed by atoms with Crippen molar-refractivity contribution in [1.29, 1.82) is 0 Å². The lowest BCUT2D eigenvalue weighted by molar-refractivity contribution is -0.387. The minimum atomic E-state index is -0.555. The van der Waals surface area contributed by atoms with Crippen molar-refractivity contribution in [2.45, 2.75) is 30.1 Å². The van der Waals surface area contributed by atoms with Crippen LogP contribution in [0.4, 0.5) is 5.69 Å². The van der Waals surface area contributed by atoms with E-state index in [1.807, 2.05) is 0 Å². The highest BCUT2D eigenvalue weighted by atomic mass is 35.5. The lowest BCUT2D eigenvalue weighted by Crippen LogP contribution is -2.15. The van der Waals surface area contributed by atoms with Gasteiger partial charge in [-0.25, -0.2) is 0 Å². The molecule has 88 valence electrons. The minimum absolute atomic E-state index is 0.0231. The standard InChI is InChI=1S/C10H12ClNO3S/c1-6(13)7(2)16-10-8(11)4-3-5-9(10)12(14)15/h3-7,13H,1-2H3. The second kappa shape index (κ2) is 5.52. The highest BCUT2D eigenvalue weighted by Crippen LogP contribution is 2.38. The molecule has 1 aromatic carbocycles. The molecular weight excluding hydrogens is 250 g/mol. The molecule has 0 spiro atoms. The van der Waals surface area contributed by atoms with E-state index in [-0.39, 0.29) is 10.9 Å². The molecule has 0 amide bonds. The Kier molecular flexibility index (Phi) is 4.58. The van der Waals surface area contributed by atoms with Crippen LogP contribution >= 0.6 is 23.4 Å². The summed E-state index contributed by atoms with van der Waals surface area (Å²) in [6.45, 7) is 3.43. The summed E-state index contributed by atoms with van der Waals surface area (Å²) >= 11 is 7.12. The normalized spacial score (nSPS) is 14.5. The molecule has 2 unspecified atom stereocenters. The topological polar surface area (TPSA) is 63.4 Å². The maximum atomic E-state index is 10.8. The Labute approximate surface area is 103 Å². The molecule has 0 aliphatic carbocycles. The molecule has 4 nitrogen and oxygen atoms in total. The van der Waals surface area contributed by atoms with Crippen LogP contribution in [-0.2, 0) is 0 Å². The van der Waals surface area contributed by atoms with Gasteiger partial charge in [0.25, 0.3) is 5.69 Å². The van der Waals surface area contributed by atoms with Crippen molar-refractivity contribution in [2.24, 2.45) is 0 Å². The molecule has 0 saturated carbocycles. The minimum Gasteiger partial charge on any atom is -0.392 e. The van der Waals surface area contributed by atoms with Gasteiger partial charge in [0.05, 0.1) is 16.0 Å². The third-order valence-electron chi connectivity index (χ3n) is 2.13. The Morgan fingerprint density at radius 3 is 2.62 bits per heavy atom. The van der Waals surface area contributed by atoms with Gasteiger partial charge in [0.1, 0.15) is 4.90 Å². The molecule has 2 atom stereocenters. The van der Waals surface area contributed by atoms with E-state index in [9.17, 15) is 15.2 Å². The molecule has 0 aromatic heterocycles. The average Bonchev–Trinajstić information content (AvgIpc) is 2.20. The van der Waals surface area contributed by atoms with Crippen LogP contribution in [0.1, 0.15) is 13.8 Å². The predicted molar refractivity (Wildman–Crippen MR) is 65.1 cm³/mol. The fraction of sp³-hybridized carbons (Fsp3) is 0.400. The SMILES string of the molecule is CC(O)C(C)Sc1c(Cl)cccc1[N+](=O)[O-]. The summed E-state index contributed by atoms with van der Waals surface area (Å²) in [4.78, 5) is 10.7. The molecule has 1 N–H and O–H groups in total. The molecule has 6 heteroatoms. The molecule has 0 aliphatic rings. The van der Waals surface area contributed by atoms with Gasteiger partial charge in [-0.15, -0.1) is 11.8 Å². The molecular formula is C10H12ClNO3S. The lowest BCUT2D eigenvalue weighted by Gasteiger charge is -2.14. The third-order valence-corrected chi connectivity index (χ3v) is 3.98. The van der Waals surface area contributed by atoms with E-state index in [1.54, 1.807) is 19.9 Å². The highest BCUT2D eigenvalue weighted by molar-refractivity contribution is 8.00. The van der Waals surface area contributed by atoms with Crippen LogP contribution < -0.4 is 0 Å². The fourth-order valence-electron chi connectivity index (χ4n) is 1.04. The van der Waals surface area contributed by atoms with E-state index in [4.69, 9.17) is 11.6 Å². The number of halogens is 1. The summed E-state index contributed by atoms with van der Waals surface area (Å²) in [6.07, 6.45) is -0.555. The summed E-state index contributed by atoms with van der Waals surface area (Å²) in [5, 5.41) is 20.4. The van der Waals surface area contributed by atoms with Crippen molar-refractivity contribution in [2.75, 3.05) is 0 Å². The van der Waals surface area contributed by atoms with Crippen molar-refractivity contribution in [3.63, 3.8) is 0 Å². The summed E-state index contributed by atoms with van der Waals surface area (Å²) in [6, 6.07) is 4.55. The van der Waals surface area contributed by atoms with Crippen LogP contribution in [0.25, 0.3) is 0 Å². The van der Waals surface area contributed by atoms with Gasteiger partial charge in [-0.3, -0.25) is 10.1 Å². The summed E-state index contributed by atoms with van der Waals surface area (Å²) < 4.78 is 0.